The predicted molar refractivity (Wildman–Crippen MR) is 115 cm³/mol. The lowest BCUT2D eigenvalue weighted by Gasteiger charge is -2.15. The van der Waals surface area contributed by atoms with Crippen molar-refractivity contribution in [1.29, 1.82) is 0 Å². The minimum atomic E-state index is -4.31. The maximum atomic E-state index is 12.3. The molecular formula is C18H16N2O7S3. The van der Waals surface area contributed by atoms with Crippen molar-refractivity contribution in [3.63, 3.8) is 0 Å². The first-order valence-electron chi connectivity index (χ1n) is 8.40. The Bertz CT molecular complexity index is 1120. The molecule has 1 amide bonds. The first kappa shape index (κ1) is 22.0. The van der Waals surface area contributed by atoms with E-state index in [1.165, 1.54) is 11.0 Å². The van der Waals surface area contributed by atoms with Crippen molar-refractivity contribution >= 4 is 56.0 Å². The molecule has 0 aliphatic carbocycles. The number of aliphatic carboxylic acids is 1. The highest BCUT2D eigenvalue weighted by Crippen LogP contribution is 2.39. The molecule has 0 aromatic heterocycles. The number of thioether (sulfide) groups is 1. The third-order valence-electron chi connectivity index (χ3n) is 3.94. The Morgan fingerprint density at radius 2 is 2.00 bits per heavy atom. The summed E-state index contributed by atoms with van der Waals surface area (Å²) in [5, 5.41) is 8.88. The molecule has 0 spiro atoms. The summed E-state index contributed by atoms with van der Waals surface area (Å²) >= 11 is 6.05. The summed E-state index contributed by atoms with van der Waals surface area (Å²) in [6, 6.07) is 6.76. The zero-order valence-corrected chi connectivity index (χ0v) is 18.0. The van der Waals surface area contributed by atoms with E-state index in [9.17, 15) is 22.6 Å². The minimum absolute atomic E-state index is 0.161. The third kappa shape index (κ3) is 5.08. The van der Waals surface area contributed by atoms with E-state index in [0.29, 0.717) is 17.0 Å². The number of hydrogen-bond donors (Lipinski definition) is 2. The Kier molecular flexibility index (Phi) is 6.31. The Morgan fingerprint density at radius 1 is 1.30 bits per heavy atom. The summed E-state index contributed by atoms with van der Waals surface area (Å²) in [5.74, 6) is -1.73. The van der Waals surface area contributed by atoms with Gasteiger partial charge in [-0.25, -0.2) is 0 Å². The van der Waals surface area contributed by atoms with Gasteiger partial charge in [-0.1, -0.05) is 42.2 Å². The Hall–Kier alpha value is -2.67. The fourth-order valence-corrected chi connectivity index (χ4v) is 4.60. The van der Waals surface area contributed by atoms with Crippen LogP contribution in [0.1, 0.15) is 6.92 Å². The van der Waals surface area contributed by atoms with Crippen molar-refractivity contribution in [2.75, 3.05) is 17.3 Å². The number of nitrogens with zero attached hydrogens (tertiary/aromatic N) is 2. The summed E-state index contributed by atoms with van der Waals surface area (Å²) in [6.07, 6.45) is 4.66. The van der Waals surface area contributed by atoms with Gasteiger partial charge >= 0.3 is 5.97 Å². The second-order valence-electron chi connectivity index (χ2n) is 6.29. The number of benzene rings is 1. The zero-order chi connectivity index (χ0) is 22.1. The predicted octanol–water partition coefficient (Wildman–Crippen LogP) is 2.35. The summed E-state index contributed by atoms with van der Waals surface area (Å²) in [6.45, 7) is 1.20. The van der Waals surface area contributed by atoms with Crippen molar-refractivity contribution in [2.24, 2.45) is 0 Å². The molecule has 0 atom stereocenters. The van der Waals surface area contributed by atoms with Crippen LogP contribution in [0.15, 0.2) is 58.9 Å². The number of anilines is 1. The van der Waals surface area contributed by atoms with E-state index < -0.39 is 34.4 Å². The molecule has 3 rings (SSSR count). The molecule has 30 heavy (non-hydrogen) atoms. The van der Waals surface area contributed by atoms with E-state index >= 15 is 0 Å². The molecule has 0 unspecified atom stereocenters. The van der Waals surface area contributed by atoms with Crippen LogP contribution >= 0.6 is 24.0 Å². The molecule has 2 aliphatic heterocycles. The smallest absolute Gasteiger partial charge is 0.323 e. The van der Waals surface area contributed by atoms with Crippen molar-refractivity contribution in [1.82, 2.24) is 4.90 Å². The minimum Gasteiger partial charge on any atom is -0.480 e. The van der Waals surface area contributed by atoms with Gasteiger partial charge in [-0.05, 0) is 36.8 Å². The molecular weight excluding hydrogens is 452 g/mol. The van der Waals surface area contributed by atoms with Crippen LogP contribution in [-0.2, 0) is 19.7 Å². The van der Waals surface area contributed by atoms with E-state index in [1.54, 1.807) is 43.3 Å². The van der Waals surface area contributed by atoms with E-state index in [-0.39, 0.29) is 15.1 Å². The molecule has 1 saturated heterocycles. The number of rotatable bonds is 6. The van der Waals surface area contributed by atoms with E-state index in [2.05, 4.69) is 0 Å². The van der Waals surface area contributed by atoms with Crippen LogP contribution < -0.4 is 9.64 Å². The van der Waals surface area contributed by atoms with Gasteiger partial charge < -0.3 is 9.84 Å². The Labute approximate surface area is 182 Å². The standard InChI is InChI=1S/C18H16N2O7S3/c1-11(8-14-17(23)19(9-16(21)22)18(28)29-14)6-7-15-20(10-30(24,25)26)12-4-2-3-5-13(12)27-15/h2-8H,9-10H2,1H3,(H,21,22)(H,24,25,26)/b11-6+,14-8+,15-7-. The van der Waals surface area contributed by atoms with Crippen LogP contribution in [0, 0.1) is 0 Å². The number of ether oxygens (including phenoxy) is 1. The normalized spacial score (nSPS) is 19.6. The average molecular weight is 469 g/mol. The molecule has 0 saturated carbocycles. The third-order valence-corrected chi connectivity index (χ3v) is 5.91. The first-order chi connectivity index (χ1) is 14.0. The van der Waals surface area contributed by atoms with Crippen LogP contribution in [0.4, 0.5) is 5.69 Å². The first-order valence-corrected chi connectivity index (χ1v) is 11.2. The molecule has 12 heteroatoms. The fourth-order valence-electron chi connectivity index (χ4n) is 2.70. The molecule has 9 nitrogen and oxygen atoms in total. The van der Waals surface area contributed by atoms with Crippen LogP contribution in [0.3, 0.4) is 0 Å². The summed E-state index contributed by atoms with van der Waals surface area (Å²) in [4.78, 5) is 25.8. The van der Waals surface area contributed by atoms with Gasteiger partial charge in [-0.2, -0.15) is 8.42 Å². The molecule has 1 aromatic carbocycles. The maximum Gasteiger partial charge on any atom is 0.323 e. The Balaban J connectivity index is 1.84. The lowest BCUT2D eigenvalue weighted by Crippen LogP contribution is -2.33. The molecule has 158 valence electrons. The lowest BCUT2D eigenvalue weighted by molar-refractivity contribution is -0.140. The summed E-state index contributed by atoms with van der Waals surface area (Å²) in [5.41, 5.74) is 1.10. The van der Waals surface area contributed by atoms with Crippen LogP contribution in [-0.4, -0.2) is 51.6 Å². The molecule has 1 fully saturated rings. The summed E-state index contributed by atoms with van der Waals surface area (Å²) < 4.78 is 37.9. The highest BCUT2D eigenvalue weighted by molar-refractivity contribution is 8.26. The molecule has 1 aromatic rings. The summed E-state index contributed by atoms with van der Waals surface area (Å²) in [7, 11) is -4.31. The van der Waals surface area contributed by atoms with Crippen molar-refractivity contribution in [3.05, 3.63) is 58.9 Å². The molecule has 2 heterocycles. The molecule has 0 radical (unpaired) electrons. The zero-order valence-electron chi connectivity index (χ0n) is 15.5. The van der Waals surface area contributed by atoms with Gasteiger partial charge in [0.25, 0.3) is 16.0 Å². The number of carboxylic acid groups (broad SMARTS) is 1. The number of carbonyl (C=O) groups is 2. The monoisotopic (exact) mass is 468 g/mol. The van der Waals surface area contributed by atoms with E-state index in [1.807, 2.05) is 0 Å². The van der Waals surface area contributed by atoms with Gasteiger partial charge in [-0.15, -0.1) is 0 Å². The van der Waals surface area contributed by atoms with Crippen LogP contribution in [0.5, 0.6) is 5.75 Å². The quantitative estimate of drug-likeness (QED) is 0.365. The fraction of sp³-hybridized carbons (Fsp3) is 0.167. The number of hydrogen-bond acceptors (Lipinski definition) is 8. The molecule has 0 bridgehead atoms. The Morgan fingerprint density at radius 3 is 2.67 bits per heavy atom. The molecule has 2 aliphatic rings. The van der Waals surface area contributed by atoms with E-state index in [4.69, 9.17) is 22.1 Å². The van der Waals surface area contributed by atoms with Gasteiger partial charge in [-0.3, -0.25) is 23.9 Å². The van der Waals surface area contributed by atoms with Crippen LogP contribution in [0.2, 0.25) is 0 Å². The van der Waals surface area contributed by atoms with Gasteiger partial charge in [0.2, 0.25) is 5.88 Å². The number of fused-ring (bicyclic) bond motifs is 1. The van der Waals surface area contributed by atoms with Crippen molar-refractivity contribution in [3.8, 4) is 5.75 Å². The maximum absolute atomic E-state index is 12.3. The largest absolute Gasteiger partial charge is 0.480 e. The number of carbonyl (C=O) groups excluding carboxylic acids is 1. The van der Waals surface area contributed by atoms with Gasteiger partial charge in [0.1, 0.15) is 10.9 Å². The van der Waals surface area contributed by atoms with Gasteiger partial charge in [0.15, 0.2) is 11.6 Å². The number of para-hydroxylation sites is 2. The number of allylic oxidation sites excluding steroid dienone is 4. The molecule has 2 N–H and O–H groups in total. The van der Waals surface area contributed by atoms with Crippen LogP contribution in [0.25, 0.3) is 0 Å². The van der Waals surface area contributed by atoms with Gasteiger partial charge in [0, 0.05) is 0 Å². The second kappa shape index (κ2) is 8.60. The van der Waals surface area contributed by atoms with Gasteiger partial charge in [0.05, 0.1) is 10.6 Å². The van der Waals surface area contributed by atoms with E-state index in [0.717, 1.165) is 16.7 Å². The highest BCUT2D eigenvalue weighted by Gasteiger charge is 2.33. The highest BCUT2D eigenvalue weighted by atomic mass is 32.2. The second-order valence-corrected chi connectivity index (χ2v) is 9.38. The SMILES string of the molecule is CC(=C\C=C1/Oc2ccccc2N1CS(=O)(=O)O)/C=C1/SC(=S)N(CC(=O)O)C1=O. The topological polar surface area (TPSA) is 124 Å². The average Bonchev–Trinajstić information content (AvgIpc) is 3.11. The van der Waals surface area contributed by atoms with Crippen molar-refractivity contribution < 1.29 is 32.4 Å². The number of thiocarbonyl (C=S) groups is 1. The number of carboxylic acids is 1. The number of amides is 1. The lowest BCUT2D eigenvalue weighted by atomic mass is 10.2. The van der Waals surface area contributed by atoms with Crippen molar-refractivity contribution in [2.45, 2.75) is 6.92 Å².